The number of aryl methyl sites for hydroxylation is 1. The van der Waals surface area contributed by atoms with Gasteiger partial charge in [0.1, 0.15) is 0 Å². The number of thiophene rings is 1. The first-order chi connectivity index (χ1) is 9.74. The molecule has 20 heavy (non-hydrogen) atoms. The van der Waals surface area contributed by atoms with Crippen LogP contribution in [0.15, 0.2) is 6.07 Å². The number of carbonyl (C=O) groups excluding carboxylic acids is 1. The van der Waals surface area contributed by atoms with Crippen molar-refractivity contribution in [1.29, 1.82) is 0 Å². The maximum absolute atomic E-state index is 12.4. The fraction of sp³-hybridized carbons (Fsp3) is 0.643. The van der Waals surface area contributed by atoms with Crippen LogP contribution in [-0.4, -0.2) is 36.5 Å². The van der Waals surface area contributed by atoms with Crippen molar-refractivity contribution in [2.45, 2.75) is 36.8 Å². The Labute approximate surface area is 126 Å². The minimum atomic E-state index is -0.0106. The van der Waals surface area contributed by atoms with Crippen molar-refractivity contribution >= 4 is 29.0 Å². The zero-order chi connectivity index (χ0) is 13.7. The Hall–Kier alpha value is -0.560. The maximum Gasteiger partial charge on any atom is 0.261 e. The number of nitrogens with two attached hydrogens (primary N) is 1. The van der Waals surface area contributed by atoms with Gasteiger partial charge in [-0.1, -0.05) is 0 Å². The van der Waals surface area contributed by atoms with Crippen LogP contribution in [0.25, 0.3) is 0 Å². The van der Waals surface area contributed by atoms with Gasteiger partial charge in [0, 0.05) is 29.2 Å². The van der Waals surface area contributed by atoms with Gasteiger partial charge in [-0.05, 0) is 30.2 Å². The van der Waals surface area contributed by atoms with E-state index in [1.807, 2.05) is 11.8 Å². The molecular formula is C14H18N2O2S2. The van der Waals surface area contributed by atoms with Gasteiger partial charge in [0.15, 0.2) is 0 Å². The second kappa shape index (κ2) is 5.02. The number of nitrogens with one attached hydrogen (secondary N) is 1. The summed E-state index contributed by atoms with van der Waals surface area (Å²) in [4.78, 5) is 14.6. The molecule has 6 heteroatoms. The molecule has 4 nitrogen and oxygen atoms in total. The molecule has 1 amide bonds. The number of carbonyl (C=O) groups is 1. The lowest BCUT2D eigenvalue weighted by molar-refractivity contribution is -0.0160. The van der Waals surface area contributed by atoms with Gasteiger partial charge in [-0.2, -0.15) is 11.8 Å². The lowest BCUT2D eigenvalue weighted by Gasteiger charge is -2.45. The molecule has 0 spiro atoms. The van der Waals surface area contributed by atoms with E-state index < -0.39 is 0 Å². The normalized spacial score (nSPS) is 35.0. The molecule has 1 saturated carbocycles. The molecule has 0 bridgehead atoms. The first-order valence-electron chi connectivity index (χ1n) is 7.11. The zero-order valence-corrected chi connectivity index (χ0v) is 12.8. The minimum absolute atomic E-state index is 0.0106. The molecule has 2 fully saturated rings. The van der Waals surface area contributed by atoms with Crippen LogP contribution in [0.1, 0.15) is 26.5 Å². The van der Waals surface area contributed by atoms with Gasteiger partial charge in [0.2, 0.25) is 0 Å². The van der Waals surface area contributed by atoms with E-state index in [4.69, 9.17) is 10.5 Å². The molecule has 1 aromatic heterocycles. The van der Waals surface area contributed by atoms with E-state index in [0.717, 1.165) is 30.1 Å². The maximum atomic E-state index is 12.4. The van der Waals surface area contributed by atoms with E-state index in [2.05, 4.69) is 11.4 Å². The molecule has 2 aliphatic heterocycles. The fourth-order valence-electron chi connectivity index (χ4n) is 3.41. The van der Waals surface area contributed by atoms with Crippen LogP contribution in [0, 0.1) is 5.92 Å². The number of ether oxygens (including phenoxy) is 1. The molecule has 108 valence electrons. The van der Waals surface area contributed by atoms with Gasteiger partial charge in [0.05, 0.1) is 17.0 Å². The summed E-state index contributed by atoms with van der Waals surface area (Å²) < 4.78 is 5.66. The number of fused-ring (bicyclic) bond motifs is 2. The largest absolute Gasteiger partial charge is 0.376 e. The Morgan fingerprint density at radius 1 is 1.50 bits per heavy atom. The van der Waals surface area contributed by atoms with Gasteiger partial charge in [-0.3, -0.25) is 4.79 Å². The highest BCUT2D eigenvalue weighted by Crippen LogP contribution is 2.38. The quantitative estimate of drug-likeness (QED) is 0.866. The summed E-state index contributed by atoms with van der Waals surface area (Å²) in [6, 6.07) is 2.10. The van der Waals surface area contributed by atoms with Crippen LogP contribution in [0.4, 0.5) is 0 Å². The Morgan fingerprint density at radius 3 is 3.25 bits per heavy atom. The van der Waals surface area contributed by atoms with E-state index >= 15 is 0 Å². The monoisotopic (exact) mass is 310 g/mol. The Kier molecular flexibility index (Phi) is 3.29. The second-order valence-electron chi connectivity index (χ2n) is 5.73. The number of hydrogen-bond donors (Lipinski definition) is 2. The van der Waals surface area contributed by atoms with Crippen molar-refractivity contribution < 1.29 is 9.53 Å². The molecule has 3 aliphatic rings. The number of thioether (sulfide) groups is 1. The summed E-state index contributed by atoms with van der Waals surface area (Å²) in [6.07, 6.45) is 2.26. The van der Waals surface area contributed by atoms with Crippen molar-refractivity contribution in [3.63, 3.8) is 0 Å². The van der Waals surface area contributed by atoms with Crippen molar-refractivity contribution in [1.82, 2.24) is 5.32 Å². The standard InChI is InChI=1S/C14H18N2O2S2/c15-11-8-1-3-18-13(8)12(11)16-14(17)10-5-7-6-19-4-2-9(7)20-10/h5,8,11-13H,1-4,6,15H2,(H,16,17). The van der Waals surface area contributed by atoms with Crippen molar-refractivity contribution in [3.05, 3.63) is 21.4 Å². The van der Waals surface area contributed by atoms with Crippen LogP contribution < -0.4 is 11.1 Å². The van der Waals surface area contributed by atoms with Gasteiger partial charge < -0.3 is 15.8 Å². The average Bonchev–Trinajstić information content (AvgIpc) is 3.08. The average molecular weight is 310 g/mol. The van der Waals surface area contributed by atoms with Crippen LogP contribution in [0.2, 0.25) is 0 Å². The Bertz CT molecular complexity index is 522. The summed E-state index contributed by atoms with van der Waals surface area (Å²) in [7, 11) is 0. The van der Waals surface area contributed by atoms with Crippen LogP contribution >= 0.6 is 23.1 Å². The molecule has 4 atom stereocenters. The molecule has 4 unspecified atom stereocenters. The van der Waals surface area contributed by atoms with E-state index in [1.165, 1.54) is 16.2 Å². The molecule has 0 radical (unpaired) electrons. The summed E-state index contributed by atoms with van der Waals surface area (Å²) >= 11 is 3.58. The first kappa shape index (κ1) is 13.1. The molecule has 3 N–H and O–H groups in total. The van der Waals surface area contributed by atoms with Crippen molar-refractivity contribution in [3.8, 4) is 0 Å². The van der Waals surface area contributed by atoms with Crippen LogP contribution in [0.3, 0.4) is 0 Å². The predicted molar refractivity (Wildman–Crippen MR) is 81.3 cm³/mol. The summed E-state index contributed by atoms with van der Waals surface area (Å²) in [6.45, 7) is 0.778. The zero-order valence-electron chi connectivity index (χ0n) is 11.1. The molecule has 1 aromatic rings. The smallest absolute Gasteiger partial charge is 0.261 e. The number of hydrogen-bond acceptors (Lipinski definition) is 5. The van der Waals surface area contributed by atoms with Gasteiger partial charge in [-0.25, -0.2) is 0 Å². The highest BCUT2D eigenvalue weighted by atomic mass is 32.2. The molecule has 1 saturated heterocycles. The fourth-order valence-corrected chi connectivity index (χ4v) is 5.68. The minimum Gasteiger partial charge on any atom is -0.376 e. The summed E-state index contributed by atoms with van der Waals surface area (Å²) in [5, 5.41) is 3.08. The number of rotatable bonds is 2. The van der Waals surface area contributed by atoms with E-state index in [0.29, 0.717) is 5.92 Å². The van der Waals surface area contributed by atoms with Crippen LogP contribution in [-0.2, 0) is 16.9 Å². The Morgan fingerprint density at radius 2 is 2.40 bits per heavy atom. The van der Waals surface area contributed by atoms with Gasteiger partial charge in [-0.15, -0.1) is 11.3 Å². The second-order valence-corrected chi connectivity index (χ2v) is 7.97. The van der Waals surface area contributed by atoms with E-state index in [9.17, 15) is 4.79 Å². The summed E-state index contributed by atoms with van der Waals surface area (Å²) in [5.41, 5.74) is 7.47. The van der Waals surface area contributed by atoms with E-state index in [-0.39, 0.29) is 24.1 Å². The molecule has 1 aliphatic carbocycles. The third-order valence-electron chi connectivity index (χ3n) is 4.60. The SMILES string of the molecule is NC1C2CCOC2C1NC(=O)c1cc2c(s1)CCSC2. The lowest BCUT2D eigenvalue weighted by Crippen LogP contribution is -2.68. The molecule has 3 heterocycles. The van der Waals surface area contributed by atoms with Crippen molar-refractivity contribution in [2.24, 2.45) is 11.7 Å². The van der Waals surface area contributed by atoms with Gasteiger partial charge in [0.25, 0.3) is 5.91 Å². The highest BCUT2D eigenvalue weighted by molar-refractivity contribution is 7.98. The third kappa shape index (κ3) is 2.01. The van der Waals surface area contributed by atoms with E-state index in [1.54, 1.807) is 11.3 Å². The Balaban J connectivity index is 1.46. The molecule has 4 rings (SSSR count). The topological polar surface area (TPSA) is 64.3 Å². The van der Waals surface area contributed by atoms with Crippen LogP contribution in [0.5, 0.6) is 0 Å². The highest BCUT2D eigenvalue weighted by Gasteiger charge is 2.52. The third-order valence-corrected chi connectivity index (χ3v) is 6.84. The van der Waals surface area contributed by atoms with Gasteiger partial charge >= 0.3 is 0 Å². The first-order valence-corrected chi connectivity index (χ1v) is 9.08. The lowest BCUT2D eigenvalue weighted by atomic mass is 9.72. The molecule has 0 aromatic carbocycles. The predicted octanol–water partition coefficient (Wildman–Crippen LogP) is 1.38. The van der Waals surface area contributed by atoms with Crippen molar-refractivity contribution in [2.75, 3.05) is 12.4 Å². The number of amides is 1. The summed E-state index contributed by atoms with van der Waals surface area (Å²) in [5.74, 6) is 2.66. The molecular weight excluding hydrogens is 292 g/mol.